The van der Waals surface area contributed by atoms with E-state index in [2.05, 4.69) is 67.5 Å². The van der Waals surface area contributed by atoms with Gasteiger partial charge in [-0.05, 0) is 40.9 Å². The van der Waals surface area contributed by atoms with Crippen LogP contribution in [-0.2, 0) is 14.3 Å². The highest BCUT2D eigenvalue weighted by Gasteiger charge is 2.42. The van der Waals surface area contributed by atoms with Crippen LogP contribution in [0.4, 0.5) is 0 Å². The molecule has 1 aliphatic rings. The summed E-state index contributed by atoms with van der Waals surface area (Å²) in [4.78, 5) is 40.4. The summed E-state index contributed by atoms with van der Waals surface area (Å²) in [6.45, 7) is 19.0. The van der Waals surface area contributed by atoms with Crippen LogP contribution in [0.1, 0.15) is 91.9 Å². The fourth-order valence-corrected chi connectivity index (χ4v) is 6.05. The Morgan fingerprint density at radius 1 is 1.06 bits per heavy atom. The molecule has 0 aromatic heterocycles. The van der Waals surface area contributed by atoms with Crippen LogP contribution in [0.25, 0.3) is 0 Å². The molecule has 35 heavy (non-hydrogen) atoms. The summed E-state index contributed by atoms with van der Waals surface area (Å²) in [6.07, 6.45) is 6.16. The van der Waals surface area contributed by atoms with Crippen LogP contribution >= 0.6 is 0 Å². The van der Waals surface area contributed by atoms with E-state index in [9.17, 15) is 14.4 Å². The molecule has 1 aromatic rings. The second kappa shape index (κ2) is 11.2. The van der Waals surface area contributed by atoms with Crippen LogP contribution in [-0.4, -0.2) is 24.1 Å². The zero-order valence-corrected chi connectivity index (χ0v) is 23.3. The lowest BCUT2D eigenvalue weighted by Gasteiger charge is -2.39. The number of rotatable bonds is 10. The highest BCUT2D eigenvalue weighted by Crippen LogP contribution is 2.42. The number of hydrogen-bond donors (Lipinski definition) is 0. The maximum atomic E-state index is 13.5. The van der Waals surface area contributed by atoms with Gasteiger partial charge < -0.3 is 4.74 Å². The Morgan fingerprint density at radius 2 is 1.66 bits per heavy atom. The molecule has 0 fully saturated rings. The molecule has 4 unspecified atom stereocenters. The first-order chi connectivity index (χ1) is 16.0. The lowest BCUT2D eigenvalue weighted by atomic mass is 9.64. The molecule has 2 rings (SSSR count). The van der Waals surface area contributed by atoms with Gasteiger partial charge in [0, 0.05) is 17.9 Å². The molecule has 0 radical (unpaired) electrons. The molecule has 0 heterocycles. The predicted molar refractivity (Wildman–Crippen MR) is 142 cm³/mol. The van der Waals surface area contributed by atoms with Gasteiger partial charge in [-0.1, -0.05) is 105 Å². The van der Waals surface area contributed by atoms with Crippen LogP contribution in [0.5, 0.6) is 0 Å². The van der Waals surface area contributed by atoms with Gasteiger partial charge >= 0.3 is 5.97 Å². The van der Waals surface area contributed by atoms with Gasteiger partial charge in [-0.2, -0.15) is 0 Å². The summed E-state index contributed by atoms with van der Waals surface area (Å²) >= 11 is 0. The fraction of sp³-hybridized carbons (Fsp3) is 0.645. The van der Waals surface area contributed by atoms with Crippen molar-refractivity contribution in [1.82, 2.24) is 0 Å². The summed E-state index contributed by atoms with van der Waals surface area (Å²) < 4.78 is 5.79. The van der Waals surface area contributed by atoms with Crippen LogP contribution in [0.15, 0.2) is 42.5 Å². The summed E-state index contributed by atoms with van der Waals surface area (Å²) in [5.41, 5.74) is 0.187. The van der Waals surface area contributed by atoms with Crippen molar-refractivity contribution < 1.29 is 19.1 Å². The van der Waals surface area contributed by atoms with Crippen molar-refractivity contribution in [1.29, 1.82) is 0 Å². The number of allylic oxidation sites excluding steroid dienone is 2. The minimum atomic E-state index is -1.01. The van der Waals surface area contributed by atoms with Gasteiger partial charge in [0.05, 0.1) is 6.61 Å². The Morgan fingerprint density at radius 3 is 2.20 bits per heavy atom. The van der Waals surface area contributed by atoms with E-state index in [0.29, 0.717) is 5.56 Å². The van der Waals surface area contributed by atoms with Crippen LogP contribution in [0.3, 0.4) is 0 Å². The minimum absolute atomic E-state index is 0.0901. The second-order valence-corrected chi connectivity index (χ2v) is 13.3. The maximum Gasteiger partial charge on any atom is 0.317 e. The van der Waals surface area contributed by atoms with E-state index < -0.39 is 17.8 Å². The van der Waals surface area contributed by atoms with Gasteiger partial charge in [0.2, 0.25) is 0 Å². The molecule has 0 spiro atoms. The maximum absolute atomic E-state index is 13.5. The average Bonchev–Trinajstić information content (AvgIpc) is 2.70. The van der Waals surface area contributed by atoms with E-state index in [1.807, 2.05) is 13.0 Å². The predicted octanol–water partition coefficient (Wildman–Crippen LogP) is 7.32. The quantitative estimate of drug-likeness (QED) is 0.152. The van der Waals surface area contributed by atoms with E-state index in [4.69, 9.17) is 4.74 Å². The number of esters is 1. The highest BCUT2D eigenvalue weighted by molar-refractivity contribution is 6.09. The lowest BCUT2D eigenvalue weighted by Crippen LogP contribution is -2.40. The van der Waals surface area contributed by atoms with E-state index in [-0.39, 0.29) is 52.7 Å². The Hall–Kier alpha value is -2.23. The second-order valence-electron chi connectivity index (χ2n) is 13.3. The molecular weight excluding hydrogens is 436 g/mol. The normalized spacial score (nSPS) is 21.7. The fourth-order valence-electron chi connectivity index (χ4n) is 6.05. The number of hydrogen-bond acceptors (Lipinski definition) is 4. The number of carbonyl (C=O) groups excluding carboxylic acids is 3. The zero-order valence-electron chi connectivity index (χ0n) is 23.3. The Labute approximate surface area is 212 Å². The molecular formula is C31H46O4. The Bertz CT molecular complexity index is 917. The van der Waals surface area contributed by atoms with E-state index in [0.717, 1.165) is 12.8 Å². The van der Waals surface area contributed by atoms with Crippen molar-refractivity contribution in [3.63, 3.8) is 0 Å². The van der Waals surface area contributed by atoms with Crippen molar-refractivity contribution in [2.45, 2.75) is 81.6 Å². The first-order valence-corrected chi connectivity index (χ1v) is 13.0. The van der Waals surface area contributed by atoms with Crippen molar-refractivity contribution in [3.8, 4) is 0 Å². The highest BCUT2D eigenvalue weighted by atomic mass is 16.5. The summed E-state index contributed by atoms with van der Waals surface area (Å²) in [5.74, 6) is -2.16. The molecule has 0 N–H and O–H groups in total. The van der Waals surface area contributed by atoms with Crippen molar-refractivity contribution in [3.05, 3.63) is 48.0 Å². The van der Waals surface area contributed by atoms with Gasteiger partial charge in [-0.15, -0.1) is 0 Å². The first kappa shape index (κ1) is 29.0. The third-order valence-corrected chi connectivity index (χ3v) is 7.10. The molecule has 1 aromatic carbocycles. The number of benzene rings is 1. The minimum Gasteiger partial charge on any atom is -0.465 e. The number of ketones is 2. The molecule has 0 amide bonds. The largest absolute Gasteiger partial charge is 0.465 e. The third-order valence-electron chi connectivity index (χ3n) is 7.10. The molecule has 4 atom stereocenters. The molecule has 4 nitrogen and oxygen atoms in total. The lowest BCUT2D eigenvalue weighted by molar-refractivity contribution is -0.152. The molecule has 4 heteroatoms. The summed E-state index contributed by atoms with van der Waals surface area (Å²) in [7, 11) is 0. The number of carbonyl (C=O) groups is 3. The topological polar surface area (TPSA) is 60.4 Å². The number of Topliss-reactive ketones (excluding diaryl/α,β-unsaturated/α-hetero) is 2. The smallest absolute Gasteiger partial charge is 0.317 e. The monoisotopic (exact) mass is 482 g/mol. The zero-order chi connectivity index (χ0) is 26.6. The standard InChI is InChI=1S/C31H46O4/c1-21-14-13-17-31(8,9)26(21)24(32)18-22(2)25(27(33)23-15-11-10-12-16-23)28(34)35-20-30(6,7)19-29(3,4)5/h10-16,21-22,25-26H,17-20H2,1-9H3. The first-order valence-electron chi connectivity index (χ1n) is 13.0. The summed E-state index contributed by atoms with van der Waals surface area (Å²) in [6, 6.07) is 8.86. The van der Waals surface area contributed by atoms with E-state index >= 15 is 0 Å². The van der Waals surface area contributed by atoms with Gasteiger partial charge in [0.15, 0.2) is 5.78 Å². The van der Waals surface area contributed by atoms with E-state index in [1.165, 1.54) is 0 Å². The molecule has 0 aliphatic heterocycles. The molecule has 0 saturated heterocycles. The Kier molecular flexibility index (Phi) is 9.30. The van der Waals surface area contributed by atoms with Gasteiger partial charge in [-0.25, -0.2) is 0 Å². The summed E-state index contributed by atoms with van der Waals surface area (Å²) in [5, 5.41) is 0. The van der Waals surface area contributed by atoms with Crippen LogP contribution < -0.4 is 0 Å². The molecule has 1 aliphatic carbocycles. The SMILES string of the molecule is CC1C=CCC(C)(C)C1C(=O)CC(C)C(C(=O)OCC(C)(C)CC(C)(C)C)C(=O)c1ccccc1. The average molecular weight is 483 g/mol. The van der Waals surface area contributed by atoms with Gasteiger partial charge in [-0.3, -0.25) is 14.4 Å². The van der Waals surface area contributed by atoms with Crippen LogP contribution in [0, 0.1) is 39.9 Å². The molecule has 0 bridgehead atoms. The molecule has 194 valence electrons. The van der Waals surface area contributed by atoms with Crippen molar-refractivity contribution in [2.24, 2.45) is 39.9 Å². The van der Waals surface area contributed by atoms with Crippen LogP contribution in [0.2, 0.25) is 0 Å². The van der Waals surface area contributed by atoms with Crippen molar-refractivity contribution >= 4 is 17.5 Å². The van der Waals surface area contributed by atoms with Gasteiger partial charge in [0.1, 0.15) is 11.7 Å². The van der Waals surface area contributed by atoms with E-state index in [1.54, 1.807) is 24.3 Å². The molecule has 0 saturated carbocycles. The Balaban J connectivity index is 2.25. The number of ether oxygens (including phenoxy) is 1. The van der Waals surface area contributed by atoms with Gasteiger partial charge in [0.25, 0.3) is 0 Å². The van der Waals surface area contributed by atoms with Crippen molar-refractivity contribution in [2.75, 3.05) is 6.61 Å². The third kappa shape index (κ3) is 8.15.